The topological polar surface area (TPSA) is 132 Å². The summed E-state index contributed by atoms with van der Waals surface area (Å²) in [6.45, 7) is 3.28. The van der Waals surface area contributed by atoms with Gasteiger partial charge in [0.15, 0.2) is 0 Å². The molecular weight excluding hydrogens is 848 g/mol. The first-order valence-electron chi connectivity index (χ1n) is 26.2. The fourth-order valence-corrected chi connectivity index (χ4v) is 7.66. The molecule has 0 rings (SSSR count). The number of unbranched alkanes of at least 4 members (excludes halogenated alkanes) is 19. The fourth-order valence-electron chi connectivity index (χ4n) is 6.87. The molecule has 66 heavy (non-hydrogen) atoms. The number of phosphoric acid groups is 1. The smallest absolute Gasteiger partial charge is 0.457 e. The number of aliphatic hydroxyl groups excluding tert-OH is 2. The van der Waals surface area contributed by atoms with Crippen LogP contribution in [0.3, 0.4) is 0 Å². The van der Waals surface area contributed by atoms with Crippen molar-refractivity contribution in [2.45, 2.75) is 219 Å². The molecule has 3 unspecified atom stereocenters. The second-order valence-corrected chi connectivity index (χ2v) is 18.6. The van der Waals surface area contributed by atoms with Gasteiger partial charge in [0.2, 0.25) is 0 Å². The van der Waals surface area contributed by atoms with E-state index < -0.39 is 39.2 Å². The highest BCUT2D eigenvalue weighted by Crippen LogP contribution is 2.43. The van der Waals surface area contributed by atoms with E-state index in [2.05, 4.69) is 111 Å². The SMILES string of the molecule is CC/C=C\C/C=C\C/C=C\C/C=C\CCCCCCCCCCCCC(=O)OC(COCCCCCCCCCCC/C=C\C/C=C\C/C=C\C/C=C\CC)COP(=O)(O)OCC(O)CO. The summed E-state index contributed by atoms with van der Waals surface area (Å²) in [4.78, 5) is 22.7. The Balaban J connectivity index is 4.10. The summed E-state index contributed by atoms with van der Waals surface area (Å²) in [7, 11) is -4.53. The van der Waals surface area contributed by atoms with Gasteiger partial charge in [0, 0.05) is 13.0 Å². The van der Waals surface area contributed by atoms with Crippen LogP contribution in [-0.4, -0.2) is 66.3 Å². The van der Waals surface area contributed by atoms with E-state index in [-0.39, 0.29) is 19.6 Å². The number of esters is 1. The summed E-state index contributed by atoms with van der Waals surface area (Å²) < 4.78 is 33.6. The van der Waals surface area contributed by atoms with E-state index in [1.165, 1.54) is 77.0 Å². The van der Waals surface area contributed by atoms with Crippen LogP contribution >= 0.6 is 7.82 Å². The molecule has 0 radical (unpaired) electrons. The number of rotatable bonds is 49. The van der Waals surface area contributed by atoms with Gasteiger partial charge in [-0.25, -0.2) is 4.57 Å². The first kappa shape index (κ1) is 63.4. The molecule has 0 aliphatic rings. The molecular formula is C56H97O9P. The Bertz CT molecular complexity index is 1350. The van der Waals surface area contributed by atoms with Gasteiger partial charge in [0.05, 0.1) is 26.4 Å². The van der Waals surface area contributed by atoms with Crippen LogP contribution in [0.15, 0.2) is 97.2 Å². The number of carbonyl (C=O) groups is 1. The van der Waals surface area contributed by atoms with Gasteiger partial charge in [0.25, 0.3) is 0 Å². The van der Waals surface area contributed by atoms with E-state index in [1.807, 2.05) is 0 Å². The first-order chi connectivity index (χ1) is 32.3. The predicted molar refractivity (Wildman–Crippen MR) is 278 cm³/mol. The van der Waals surface area contributed by atoms with Crippen molar-refractivity contribution >= 4 is 13.8 Å². The molecule has 3 atom stereocenters. The molecule has 0 saturated heterocycles. The number of aliphatic hydroxyl groups is 2. The van der Waals surface area contributed by atoms with E-state index in [1.54, 1.807) is 0 Å². The van der Waals surface area contributed by atoms with Gasteiger partial charge in [-0.05, 0) is 89.9 Å². The zero-order chi connectivity index (χ0) is 48.1. The summed E-state index contributed by atoms with van der Waals surface area (Å²) in [5.74, 6) is -0.392. The van der Waals surface area contributed by atoms with Gasteiger partial charge in [-0.3, -0.25) is 13.8 Å². The van der Waals surface area contributed by atoms with Crippen LogP contribution in [0.2, 0.25) is 0 Å². The van der Waals surface area contributed by atoms with Crippen molar-refractivity contribution in [3.8, 4) is 0 Å². The highest BCUT2D eigenvalue weighted by atomic mass is 31.2. The second kappa shape index (κ2) is 51.8. The van der Waals surface area contributed by atoms with Crippen LogP contribution in [0.4, 0.5) is 0 Å². The van der Waals surface area contributed by atoms with Crippen molar-refractivity contribution < 1.29 is 43.0 Å². The van der Waals surface area contributed by atoms with Crippen LogP contribution in [-0.2, 0) is 27.9 Å². The molecule has 9 nitrogen and oxygen atoms in total. The van der Waals surface area contributed by atoms with Crippen molar-refractivity contribution in [1.29, 1.82) is 0 Å². The largest absolute Gasteiger partial charge is 0.472 e. The normalized spacial score (nSPS) is 14.6. The van der Waals surface area contributed by atoms with Gasteiger partial charge in [-0.2, -0.15) is 0 Å². The lowest BCUT2D eigenvalue weighted by Crippen LogP contribution is -2.29. The lowest BCUT2D eigenvalue weighted by Gasteiger charge is -2.20. The molecule has 3 N–H and O–H groups in total. The highest BCUT2D eigenvalue weighted by Gasteiger charge is 2.26. The summed E-state index contributed by atoms with van der Waals surface area (Å²) in [6, 6.07) is 0. The van der Waals surface area contributed by atoms with Crippen LogP contribution in [0.5, 0.6) is 0 Å². The first-order valence-corrected chi connectivity index (χ1v) is 27.7. The number of allylic oxidation sites excluding steroid dienone is 16. The van der Waals surface area contributed by atoms with Gasteiger partial charge in [-0.1, -0.05) is 207 Å². The minimum Gasteiger partial charge on any atom is -0.457 e. The Hall–Kier alpha value is -2.62. The Labute approximate surface area is 404 Å². The number of hydrogen-bond donors (Lipinski definition) is 3. The van der Waals surface area contributed by atoms with Crippen LogP contribution in [0, 0.1) is 0 Å². The molecule has 0 amide bonds. The molecule has 0 aliphatic carbocycles. The van der Waals surface area contributed by atoms with Crippen LogP contribution in [0.25, 0.3) is 0 Å². The van der Waals surface area contributed by atoms with Crippen molar-refractivity contribution in [1.82, 2.24) is 0 Å². The quantitative estimate of drug-likeness (QED) is 0.0236. The van der Waals surface area contributed by atoms with E-state index >= 15 is 0 Å². The van der Waals surface area contributed by atoms with Crippen molar-refractivity contribution in [2.24, 2.45) is 0 Å². The molecule has 0 aromatic rings. The molecule has 0 fully saturated rings. The third-order valence-electron chi connectivity index (χ3n) is 10.8. The Morgan fingerprint density at radius 3 is 1.23 bits per heavy atom. The maximum Gasteiger partial charge on any atom is 0.472 e. The molecule has 0 aliphatic heterocycles. The molecule has 0 spiro atoms. The lowest BCUT2D eigenvalue weighted by atomic mass is 10.0. The van der Waals surface area contributed by atoms with Crippen molar-refractivity contribution in [3.63, 3.8) is 0 Å². The van der Waals surface area contributed by atoms with Crippen molar-refractivity contribution in [2.75, 3.05) is 33.0 Å². The molecule has 0 bridgehead atoms. The molecule has 0 aromatic carbocycles. The standard InChI is InChI=1S/C56H97O9P/c1-3-5-7-9-11-13-15-17-19-21-23-25-27-28-30-32-34-36-38-40-42-44-46-48-56(59)65-55(53-64-66(60,61)63-51-54(58)50-57)52-62-49-47-45-43-41-39-37-35-33-31-29-26-24-22-20-18-16-14-12-10-8-6-4-2/h5-8,11-14,17-20,23-26,54-55,57-58H,3-4,9-10,15-16,21-22,27-53H2,1-2H3,(H,60,61)/b7-5-,8-6-,13-11-,14-12-,19-17-,20-18-,25-23-,26-24-. The fraction of sp³-hybridized carbons (Fsp3) is 0.696. The van der Waals surface area contributed by atoms with Crippen LogP contribution < -0.4 is 0 Å². The Morgan fingerprint density at radius 2 is 0.818 bits per heavy atom. The zero-order valence-corrected chi connectivity index (χ0v) is 42.8. The summed E-state index contributed by atoms with van der Waals surface area (Å²) in [5, 5.41) is 18.4. The molecule has 0 heterocycles. The average Bonchev–Trinajstić information content (AvgIpc) is 3.31. The Kier molecular flexibility index (Phi) is 49.7. The molecule has 10 heteroatoms. The summed E-state index contributed by atoms with van der Waals surface area (Å²) in [6.07, 6.45) is 66.6. The average molecular weight is 945 g/mol. The van der Waals surface area contributed by atoms with Gasteiger partial charge < -0.3 is 24.6 Å². The third-order valence-corrected chi connectivity index (χ3v) is 11.7. The molecule has 0 aromatic heterocycles. The van der Waals surface area contributed by atoms with Gasteiger partial charge in [0.1, 0.15) is 12.2 Å². The van der Waals surface area contributed by atoms with Gasteiger partial charge in [-0.15, -0.1) is 0 Å². The van der Waals surface area contributed by atoms with E-state index in [0.717, 1.165) is 109 Å². The maximum atomic E-state index is 12.7. The van der Waals surface area contributed by atoms with E-state index in [4.69, 9.17) is 23.6 Å². The monoisotopic (exact) mass is 945 g/mol. The summed E-state index contributed by atoms with van der Waals surface area (Å²) in [5.41, 5.74) is 0. The second-order valence-electron chi connectivity index (χ2n) is 17.1. The molecule has 380 valence electrons. The number of ether oxygens (including phenoxy) is 2. The zero-order valence-electron chi connectivity index (χ0n) is 41.9. The van der Waals surface area contributed by atoms with E-state index in [0.29, 0.717) is 6.61 Å². The number of carbonyl (C=O) groups excluding carboxylic acids is 1. The van der Waals surface area contributed by atoms with Gasteiger partial charge >= 0.3 is 13.8 Å². The molecule has 0 saturated carbocycles. The third kappa shape index (κ3) is 50.8. The minimum atomic E-state index is -4.53. The maximum absolute atomic E-state index is 12.7. The minimum absolute atomic E-state index is 0.0380. The number of hydrogen-bond acceptors (Lipinski definition) is 8. The van der Waals surface area contributed by atoms with Crippen LogP contribution in [0.1, 0.15) is 206 Å². The lowest BCUT2D eigenvalue weighted by molar-refractivity contribution is -0.154. The highest BCUT2D eigenvalue weighted by molar-refractivity contribution is 7.47. The summed E-state index contributed by atoms with van der Waals surface area (Å²) >= 11 is 0. The predicted octanol–water partition coefficient (Wildman–Crippen LogP) is 15.6. The number of phosphoric ester groups is 1. The van der Waals surface area contributed by atoms with Crippen molar-refractivity contribution in [3.05, 3.63) is 97.2 Å². The van der Waals surface area contributed by atoms with E-state index in [9.17, 15) is 19.4 Å². The Morgan fingerprint density at radius 1 is 0.470 bits per heavy atom.